The second-order valence-electron chi connectivity index (χ2n) is 7.12. The van der Waals surface area contributed by atoms with Gasteiger partial charge < -0.3 is 14.7 Å². The number of carbonyl (C=O) groups excluding carboxylic acids is 1. The van der Waals surface area contributed by atoms with Crippen molar-refractivity contribution in [1.29, 1.82) is 5.26 Å². The summed E-state index contributed by atoms with van der Waals surface area (Å²) in [4.78, 5) is 26.0. The zero-order valence-electron chi connectivity index (χ0n) is 15.3. The van der Waals surface area contributed by atoms with Gasteiger partial charge in [0.15, 0.2) is 5.56 Å². The van der Waals surface area contributed by atoms with E-state index in [9.17, 15) is 25.3 Å². The number of anilines is 1. The summed E-state index contributed by atoms with van der Waals surface area (Å²) in [5, 5.41) is 30.0. The van der Waals surface area contributed by atoms with E-state index >= 15 is 0 Å². The van der Waals surface area contributed by atoms with Crippen molar-refractivity contribution in [2.24, 2.45) is 0 Å². The van der Waals surface area contributed by atoms with E-state index in [1.807, 2.05) is 0 Å². The first-order valence-corrected chi connectivity index (χ1v) is 8.69. The Hall–Kier alpha value is -2.57. The highest BCUT2D eigenvalue weighted by Gasteiger charge is 2.34. The van der Waals surface area contributed by atoms with Crippen molar-refractivity contribution in [3.05, 3.63) is 32.8 Å². The highest BCUT2D eigenvalue weighted by molar-refractivity contribution is 6.34. The normalized spacial score (nSPS) is 17.4. The number of ether oxygens (including phenoxy) is 1. The number of rotatable bonds is 3. The fourth-order valence-corrected chi connectivity index (χ4v) is 3.17. The summed E-state index contributed by atoms with van der Waals surface area (Å²) in [6.45, 7) is 5.89. The van der Waals surface area contributed by atoms with Crippen molar-refractivity contribution in [3.8, 4) is 6.07 Å². The number of hydrogen-bond acceptors (Lipinski definition) is 7. The zero-order chi connectivity index (χ0) is 20.4. The fourth-order valence-electron chi connectivity index (χ4n) is 2.85. The van der Waals surface area contributed by atoms with Crippen LogP contribution in [-0.4, -0.2) is 58.9 Å². The summed E-state index contributed by atoms with van der Waals surface area (Å²) in [6, 6.07) is 3.93. The minimum absolute atomic E-state index is 0.0193. The van der Waals surface area contributed by atoms with E-state index in [4.69, 9.17) is 16.3 Å². The van der Waals surface area contributed by atoms with E-state index in [-0.39, 0.29) is 36.0 Å². The van der Waals surface area contributed by atoms with Gasteiger partial charge in [-0.15, -0.1) is 0 Å². The van der Waals surface area contributed by atoms with Gasteiger partial charge in [-0.05, 0) is 26.8 Å². The molecule has 0 spiro atoms. The number of nitro benzene ring substituents is 1. The van der Waals surface area contributed by atoms with Gasteiger partial charge in [0.2, 0.25) is 0 Å². The van der Waals surface area contributed by atoms with Crippen LogP contribution in [0.3, 0.4) is 0 Å². The standard InChI is InChI=1S/C17H21ClN4O5/c1-17(2,3)27-16(24)21-7-6-20(9-11(21)10-23)14-5-4-13(22(25)26)12(8-19)15(14)18/h4-5,11,23H,6-7,9-10H2,1-3H3/t11-/m0/s1. The van der Waals surface area contributed by atoms with Crippen LogP contribution in [0.15, 0.2) is 12.1 Å². The molecule has 1 aliphatic heterocycles. The minimum atomic E-state index is -0.662. The van der Waals surface area contributed by atoms with Crippen LogP contribution in [0, 0.1) is 21.4 Å². The SMILES string of the molecule is CC(C)(C)OC(=O)N1CCN(c2ccc([N+](=O)[O-])c(C#N)c2Cl)C[C@H]1CO. The molecule has 10 heteroatoms. The Morgan fingerprint density at radius 3 is 2.67 bits per heavy atom. The Morgan fingerprint density at radius 2 is 2.15 bits per heavy atom. The average Bonchev–Trinajstić information content (AvgIpc) is 2.59. The maximum Gasteiger partial charge on any atom is 0.410 e. The van der Waals surface area contributed by atoms with Crippen molar-refractivity contribution in [1.82, 2.24) is 4.90 Å². The van der Waals surface area contributed by atoms with Crippen molar-refractivity contribution in [2.75, 3.05) is 31.1 Å². The lowest BCUT2D eigenvalue weighted by molar-refractivity contribution is -0.385. The van der Waals surface area contributed by atoms with Gasteiger partial charge in [0.1, 0.15) is 11.7 Å². The van der Waals surface area contributed by atoms with Crippen molar-refractivity contribution in [3.63, 3.8) is 0 Å². The van der Waals surface area contributed by atoms with Gasteiger partial charge in [0.25, 0.3) is 5.69 Å². The second-order valence-corrected chi connectivity index (χ2v) is 7.50. The molecule has 1 fully saturated rings. The molecule has 1 atom stereocenters. The number of benzene rings is 1. The summed E-state index contributed by atoms with van der Waals surface area (Å²) in [5.74, 6) is 0. The molecule has 1 aromatic rings. The number of nitriles is 1. The van der Waals surface area contributed by atoms with Gasteiger partial charge in [0.05, 0.1) is 28.3 Å². The Kier molecular flexibility index (Phi) is 6.13. The molecule has 1 N–H and O–H groups in total. The highest BCUT2D eigenvalue weighted by Crippen LogP contribution is 2.35. The lowest BCUT2D eigenvalue weighted by atomic mass is 10.1. The minimum Gasteiger partial charge on any atom is -0.444 e. The molecule has 0 bridgehead atoms. The van der Waals surface area contributed by atoms with E-state index in [0.29, 0.717) is 12.2 Å². The van der Waals surface area contributed by atoms with Gasteiger partial charge in [0, 0.05) is 25.7 Å². The number of nitrogens with zero attached hydrogens (tertiary/aromatic N) is 4. The Labute approximate surface area is 161 Å². The maximum atomic E-state index is 12.3. The summed E-state index contributed by atoms with van der Waals surface area (Å²) < 4.78 is 5.37. The fraction of sp³-hybridized carbons (Fsp3) is 0.529. The van der Waals surface area contributed by atoms with Crippen LogP contribution in [0.2, 0.25) is 5.02 Å². The molecular formula is C17H21ClN4O5. The number of aliphatic hydroxyl groups is 1. The summed E-state index contributed by atoms with van der Waals surface area (Å²) in [7, 11) is 0. The highest BCUT2D eigenvalue weighted by atomic mass is 35.5. The van der Waals surface area contributed by atoms with E-state index < -0.39 is 22.7 Å². The molecule has 1 aromatic carbocycles. The van der Waals surface area contributed by atoms with Gasteiger partial charge in [-0.2, -0.15) is 5.26 Å². The Balaban J connectivity index is 2.25. The molecule has 9 nitrogen and oxygen atoms in total. The van der Waals surface area contributed by atoms with Crippen LogP contribution < -0.4 is 4.90 Å². The predicted molar refractivity (Wildman–Crippen MR) is 98.8 cm³/mol. The van der Waals surface area contributed by atoms with Crippen molar-refractivity contribution >= 4 is 29.1 Å². The smallest absolute Gasteiger partial charge is 0.410 e. The molecule has 27 heavy (non-hydrogen) atoms. The van der Waals surface area contributed by atoms with Gasteiger partial charge in [-0.1, -0.05) is 11.6 Å². The summed E-state index contributed by atoms with van der Waals surface area (Å²) >= 11 is 6.23. The Bertz CT molecular complexity index is 787. The molecule has 0 radical (unpaired) electrons. The first-order chi connectivity index (χ1) is 12.6. The third kappa shape index (κ3) is 4.59. The second kappa shape index (κ2) is 7.98. The molecule has 0 unspecified atom stereocenters. The third-order valence-corrected chi connectivity index (χ3v) is 4.45. The lowest BCUT2D eigenvalue weighted by Gasteiger charge is -2.42. The Morgan fingerprint density at radius 1 is 1.48 bits per heavy atom. The summed E-state index contributed by atoms with van der Waals surface area (Å²) in [6.07, 6.45) is -0.520. The van der Waals surface area contributed by atoms with Crippen molar-refractivity contribution < 1.29 is 19.6 Å². The van der Waals surface area contributed by atoms with Crippen LogP contribution in [0.25, 0.3) is 0 Å². The van der Waals surface area contributed by atoms with E-state index in [2.05, 4.69) is 0 Å². The van der Waals surface area contributed by atoms with Crippen molar-refractivity contribution in [2.45, 2.75) is 32.4 Å². The van der Waals surface area contributed by atoms with E-state index in [0.717, 1.165) is 0 Å². The summed E-state index contributed by atoms with van der Waals surface area (Å²) in [5.41, 5.74) is -0.787. The number of halogens is 1. The van der Waals surface area contributed by atoms with Gasteiger partial charge >= 0.3 is 6.09 Å². The molecule has 1 amide bonds. The molecule has 0 saturated carbocycles. The van der Waals surface area contributed by atoms with Gasteiger partial charge in [-0.25, -0.2) is 4.79 Å². The molecule has 1 saturated heterocycles. The van der Waals surface area contributed by atoms with E-state index in [1.165, 1.54) is 17.0 Å². The predicted octanol–water partition coefficient (Wildman–Crippen LogP) is 2.54. The molecule has 2 rings (SSSR count). The quantitative estimate of drug-likeness (QED) is 0.615. The number of aliphatic hydroxyl groups excluding tert-OH is 1. The lowest BCUT2D eigenvalue weighted by Crippen LogP contribution is -2.57. The number of nitro groups is 1. The van der Waals surface area contributed by atoms with Crippen LogP contribution in [0.5, 0.6) is 0 Å². The first-order valence-electron chi connectivity index (χ1n) is 8.31. The van der Waals surface area contributed by atoms with Crippen LogP contribution >= 0.6 is 11.6 Å². The molecule has 1 heterocycles. The zero-order valence-corrected chi connectivity index (χ0v) is 16.1. The maximum absolute atomic E-state index is 12.3. The number of carbonyl (C=O) groups is 1. The largest absolute Gasteiger partial charge is 0.444 e. The molecular weight excluding hydrogens is 376 g/mol. The number of hydrogen-bond donors (Lipinski definition) is 1. The topological polar surface area (TPSA) is 120 Å². The monoisotopic (exact) mass is 396 g/mol. The molecule has 0 aromatic heterocycles. The molecule has 0 aliphatic carbocycles. The van der Waals surface area contributed by atoms with E-state index in [1.54, 1.807) is 31.7 Å². The first kappa shape index (κ1) is 20.7. The molecule has 1 aliphatic rings. The number of amides is 1. The average molecular weight is 397 g/mol. The van der Waals surface area contributed by atoms with Crippen LogP contribution in [0.1, 0.15) is 26.3 Å². The molecule has 146 valence electrons. The van der Waals surface area contributed by atoms with Crippen LogP contribution in [0.4, 0.5) is 16.2 Å². The van der Waals surface area contributed by atoms with Crippen LogP contribution in [-0.2, 0) is 4.74 Å². The number of piperazine rings is 1. The van der Waals surface area contributed by atoms with Gasteiger partial charge in [-0.3, -0.25) is 15.0 Å². The third-order valence-electron chi connectivity index (χ3n) is 4.07.